The van der Waals surface area contributed by atoms with E-state index in [9.17, 15) is 18.8 Å². The average Bonchev–Trinajstić information content (AvgIpc) is 2.82. The van der Waals surface area contributed by atoms with Crippen LogP contribution in [0.5, 0.6) is 0 Å². The highest BCUT2D eigenvalue weighted by molar-refractivity contribution is 5.89. The second kappa shape index (κ2) is 10.8. The standard InChI is InChI=1S/C30H29F3N2O2/c1-4-37-29(36)21-10-8-20(9-11-21)28(22-7-5-6-19(12-22)16-34)35-17-24(18-35)27(30(2,3)33)23-13-25(31)15-26(32)14-23/h5-15,24,27-28H,4,17-18H2,1-3H3/t27-,28+/m1/s1. The predicted molar refractivity (Wildman–Crippen MR) is 135 cm³/mol. The minimum absolute atomic E-state index is 0.179. The van der Waals surface area contributed by atoms with Crippen molar-refractivity contribution in [1.82, 2.24) is 4.90 Å². The maximum Gasteiger partial charge on any atom is 0.338 e. The minimum atomic E-state index is -1.70. The Labute approximate surface area is 215 Å². The zero-order valence-corrected chi connectivity index (χ0v) is 21.0. The van der Waals surface area contributed by atoms with Crippen LogP contribution in [-0.2, 0) is 4.74 Å². The number of rotatable bonds is 8. The molecule has 0 saturated carbocycles. The molecule has 1 aliphatic heterocycles. The summed E-state index contributed by atoms with van der Waals surface area (Å²) in [5, 5.41) is 9.43. The van der Waals surface area contributed by atoms with Crippen LogP contribution in [0.15, 0.2) is 66.7 Å². The van der Waals surface area contributed by atoms with E-state index < -0.39 is 29.2 Å². The van der Waals surface area contributed by atoms with Crippen LogP contribution >= 0.6 is 0 Å². The summed E-state index contributed by atoms with van der Waals surface area (Å²) in [6.07, 6.45) is 0. The third kappa shape index (κ3) is 5.86. The second-order valence-corrected chi connectivity index (χ2v) is 9.94. The van der Waals surface area contributed by atoms with Gasteiger partial charge in [-0.1, -0.05) is 24.3 Å². The minimum Gasteiger partial charge on any atom is -0.462 e. The summed E-state index contributed by atoms with van der Waals surface area (Å²) in [7, 11) is 0. The van der Waals surface area contributed by atoms with Crippen molar-refractivity contribution in [2.45, 2.75) is 38.4 Å². The zero-order valence-electron chi connectivity index (χ0n) is 21.0. The maximum absolute atomic E-state index is 15.4. The van der Waals surface area contributed by atoms with E-state index in [0.29, 0.717) is 29.8 Å². The highest BCUT2D eigenvalue weighted by Gasteiger charge is 2.45. The molecule has 0 unspecified atom stereocenters. The van der Waals surface area contributed by atoms with E-state index in [2.05, 4.69) is 11.0 Å². The fourth-order valence-corrected chi connectivity index (χ4v) is 5.36. The highest BCUT2D eigenvalue weighted by Crippen LogP contribution is 2.45. The van der Waals surface area contributed by atoms with E-state index in [1.165, 1.54) is 26.0 Å². The third-order valence-corrected chi connectivity index (χ3v) is 6.83. The largest absolute Gasteiger partial charge is 0.462 e. The average molecular weight is 507 g/mol. The van der Waals surface area contributed by atoms with Gasteiger partial charge in [-0.05, 0) is 79.8 Å². The number of esters is 1. The van der Waals surface area contributed by atoms with Gasteiger partial charge in [0.05, 0.1) is 29.8 Å². The number of benzene rings is 3. The summed E-state index contributed by atoms with van der Waals surface area (Å²) >= 11 is 0. The Kier molecular flexibility index (Phi) is 7.70. The first-order valence-corrected chi connectivity index (χ1v) is 12.3. The van der Waals surface area contributed by atoms with Crippen molar-refractivity contribution < 1.29 is 22.7 Å². The molecule has 1 saturated heterocycles. The van der Waals surface area contributed by atoms with Gasteiger partial charge in [-0.15, -0.1) is 0 Å². The Bertz CT molecular complexity index is 1290. The summed E-state index contributed by atoms with van der Waals surface area (Å²) < 4.78 is 48.4. The molecule has 37 heavy (non-hydrogen) atoms. The Morgan fingerprint density at radius 3 is 2.24 bits per heavy atom. The van der Waals surface area contributed by atoms with Gasteiger partial charge in [0.1, 0.15) is 17.3 Å². The van der Waals surface area contributed by atoms with Crippen LogP contribution in [0.1, 0.15) is 65.3 Å². The molecule has 4 rings (SSSR count). The molecular weight excluding hydrogens is 477 g/mol. The van der Waals surface area contributed by atoms with E-state index >= 15 is 4.39 Å². The molecule has 1 aliphatic rings. The van der Waals surface area contributed by atoms with Gasteiger partial charge in [0, 0.05) is 25.1 Å². The van der Waals surface area contributed by atoms with Gasteiger partial charge >= 0.3 is 5.97 Å². The fraction of sp³-hybridized carbons (Fsp3) is 0.333. The van der Waals surface area contributed by atoms with Gasteiger partial charge in [0.25, 0.3) is 0 Å². The number of carbonyl (C=O) groups excluding carboxylic acids is 1. The molecule has 4 nitrogen and oxygen atoms in total. The summed E-state index contributed by atoms with van der Waals surface area (Å²) in [5.41, 5.74) is 1.33. The third-order valence-electron chi connectivity index (χ3n) is 6.83. The topological polar surface area (TPSA) is 53.3 Å². The Hall–Kier alpha value is -3.63. The Balaban J connectivity index is 1.65. The number of nitrogens with zero attached hydrogens (tertiary/aromatic N) is 2. The number of nitriles is 1. The Morgan fingerprint density at radius 2 is 1.68 bits per heavy atom. The summed E-state index contributed by atoms with van der Waals surface area (Å²) in [5.74, 6) is -2.74. The molecule has 0 spiro atoms. The molecule has 0 radical (unpaired) electrons. The van der Waals surface area contributed by atoms with Crippen LogP contribution in [0, 0.1) is 28.9 Å². The van der Waals surface area contributed by atoms with Crippen LogP contribution in [-0.4, -0.2) is 36.2 Å². The normalized spacial score (nSPS) is 15.9. The lowest BCUT2D eigenvalue weighted by Crippen LogP contribution is -2.53. The Morgan fingerprint density at radius 1 is 1.03 bits per heavy atom. The smallest absolute Gasteiger partial charge is 0.338 e. The molecule has 3 aromatic carbocycles. The van der Waals surface area contributed by atoms with Crippen molar-refractivity contribution >= 4 is 5.97 Å². The number of halogens is 3. The highest BCUT2D eigenvalue weighted by atomic mass is 19.1. The molecule has 0 N–H and O–H groups in total. The number of ether oxygens (including phenoxy) is 1. The van der Waals surface area contributed by atoms with Crippen LogP contribution in [0.3, 0.4) is 0 Å². The van der Waals surface area contributed by atoms with Gasteiger partial charge in [-0.2, -0.15) is 5.26 Å². The van der Waals surface area contributed by atoms with Gasteiger partial charge < -0.3 is 4.74 Å². The van der Waals surface area contributed by atoms with E-state index in [0.717, 1.165) is 17.2 Å². The molecule has 0 amide bonds. The number of hydrogen-bond donors (Lipinski definition) is 0. The molecule has 2 atom stereocenters. The molecule has 1 heterocycles. The van der Waals surface area contributed by atoms with E-state index in [4.69, 9.17) is 4.74 Å². The first-order valence-electron chi connectivity index (χ1n) is 12.3. The van der Waals surface area contributed by atoms with Gasteiger partial charge in [0.15, 0.2) is 0 Å². The van der Waals surface area contributed by atoms with Crippen LogP contribution < -0.4 is 0 Å². The molecule has 0 aromatic heterocycles. The van der Waals surface area contributed by atoms with E-state index in [-0.39, 0.29) is 18.6 Å². The van der Waals surface area contributed by atoms with Crippen LogP contribution in [0.4, 0.5) is 13.2 Å². The van der Waals surface area contributed by atoms with Crippen molar-refractivity contribution in [3.8, 4) is 6.07 Å². The molecule has 3 aromatic rings. The molecule has 1 fully saturated rings. The number of hydrogen-bond acceptors (Lipinski definition) is 4. The van der Waals surface area contributed by atoms with Crippen molar-refractivity contribution in [2.24, 2.45) is 5.92 Å². The molecule has 7 heteroatoms. The summed E-state index contributed by atoms with van der Waals surface area (Å²) in [6.45, 7) is 5.86. The van der Waals surface area contributed by atoms with Gasteiger partial charge in [-0.25, -0.2) is 18.0 Å². The predicted octanol–water partition coefficient (Wildman–Crippen LogP) is 6.57. The molecule has 192 valence electrons. The molecule has 0 bridgehead atoms. The number of alkyl halides is 1. The lowest BCUT2D eigenvalue weighted by molar-refractivity contribution is 0.00804. The second-order valence-electron chi connectivity index (χ2n) is 9.94. The van der Waals surface area contributed by atoms with Crippen molar-refractivity contribution in [2.75, 3.05) is 19.7 Å². The lowest BCUT2D eigenvalue weighted by atomic mass is 9.72. The zero-order chi connectivity index (χ0) is 26.7. The fourth-order valence-electron chi connectivity index (χ4n) is 5.36. The lowest BCUT2D eigenvalue weighted by Gasteiger charge is -2.50. The quantitative estimate of drug-likeness (QED) is 0.325. The van der Waals surface area contributed by atoms with Crippen molar-refractivity contribution in [3.63, 3.8) is 0 Å². The first-order chi connectivity index (χ1) is 17.6. The van der Waals surface area contributed by atoms with Crippen molar-refractivity contribution in [3.05, 3.63) is 106 Å². The number of carbonyl (C=O) groups is 1. The van der Waals surface area contributed by atoms with Crippen LogP contribution in [0.2, 0.25) is 0 Å². The SMILES string of the molecule is CCOC(=O)c1ccc([C@@H](c2cccc(C#N)c2)N2CC([C@@H](c3cc(F)cc(F)c3)C(C)(C)F)C2)cc1. The monoisotopic (exact) mass is 506 g/mol. The summed E-state index contributed by atoms with van der Waals surface area (Å²) in [4.78, 5) is 14.3. The van der Waals surface area contributed by atoms with Gasteiger partial charge in [0.2, 0.25) is 0 Å². The van der Waals surface area contributed by atoms with Crippen LogP contribution in [0.25, 0.3) is 0 Å². The van der Waals surface area contributed by atoms with Gasteiger partial charge in [-0.3, -0.25) is 4.90 Å². The van der Waals surface area contributed by atoms with E-state index in [1.54, 1.807) is 25.1 Å². The number of likely N-dealkylation sites (tertiary alicyclic amines) is 1. The summed E-state index contributed by atoms with van der Waals surface area (Å²) in [6, 6.07) is 19.5. The van der Waals surface area contributed by atoms with E-state index in [1.807, 2.05) is 30.3 Å². The maximum atomic E-state index is 15.4. The van der Waals surface area contributed by atoms with Crippen molar-refractivity contribution in [1.29, 1.82) is 5.26 Å². The molecular formula is C30H29F3N2O2. The molecule has 0 aliphatic carbocycles. The first kappa shape index (κ1) is 26.4.